The first kappa shape index (κ1) is 16.7. The quantitative estimate of drug-likeness (QED) is 0.539. The van der Waals surface area contributed by atoms with Crippen molar-refractivity contribution in [3.63, 3.8) is 0 Å². The van der Waals surface area contributed by atoms with Crippen LogP contribution in [0.3, 0.4) is 0 Å². The van der Waals surface area contributed by atoms with Gasteiger partial charge in [0.15, 0.2) is 11.4 Å². The molecule has 0 unspecified atom stereocenters. The normalized spacial score (nSPS) is 10.8. The average molecular weight is 339 g/mol. The number of carbonyl (C=O) groups is 2. The van der Waals surface area contributed by atoms with Crippen LogP contribution < -0.4 is 5.76 Å². The van der Waals surface area contributed by atoms with Gasteiger partial charge in [-0.15, -0.1) is 0 Å². The largest absolute Gasteiger partial charge is 0.465 e. The van der Waals surface area contributed by atoms with Gasteiger partial charge in [-0.3, -0.25) is 9.36 Å². The number of aromatic nitrogens is 1. The number of carbonyl (C=O) groups excluding carboxylic acids is 2. The number of aryl methyl sites for hydroxylation is 2. The minimum Gasteiger partial charge on any atom is -0.465 e. The third-order valence-electron chi connectivity index (χ3n) is 4.22. The van der Waals surface area contributed by atoms with Crippen molar-refractivity contribution in [3.05, 3.63) is 69.2 Å². The zero-order valence-corrected chi connectivity index (χ0v) is 14.2. The van der Waals surface area contributed by atoms with Crippen molar-refractivity contribution in [1.82, 2.24) is 4.57 Å². The van der Waals surface area contributed by atoms with Gasteiger partial charge in [0.1, 0.15) is 0 Å². The van der Waals surface area contributed by atoms with E-state index in [2.05, 4.69) is 4.74 Å². The minimum absolute atomic E-state index is 0.133. The molecule has 0 amide bonds. The zero-order chi connectivity index (χ0) is 18.1. The average Bonchev–Trinajstić information content (AvgIpc) is 2.91. The molecule has 1 heterocycles. The second kappa shape index (κ2) is 6.39. The topological polar surface area (TPSA) is 78.5 Å². The fourth-order valence-electron chi connectivity index (χ4n) is 2.61. The van der Waals surface area contributed by atoms with E-state index in [1.54, 1.807) is 18.2 Å². The van der Waals surface area contributed by atoms with Crippen molar-refractivity contribution in [2.75, 3.05) is 7.11 Å². The lowest BCUT2D eigenvalue weighted by Gasteiger charge is -2.05. The van der Waals surface area contributed by atoms with Gasteiger partial charge in [0.05, 0.1) is 24.7 Å². The Morgan fingerprint density at radius 2 is 1.76 bits per heavy atom. The summed E-state index contributed by atoms with van der Waals surface area (Å²) in [4.78, 5) is 36.2. The van der Waals surface area contributed by atoms with Gasteiger partial charge in [-0.1, -0.05) is 12.1 Å². The Bertz CT molecular complexity index is 1040. The number of Topliss-reactive ketones (excluding diaryl/α,β-unsaturated/α-hetero) is 1. The van der Waals surface area contributed by atoms with Gasteiger partial charge in [-0.2, -0.15) is 0 Å². The molecule has 1 aromatic heterocycles. The van der Waals surface area contributed by atoms with Crippen LogP contribution in [0, 0.1) is 13.8 Å². The molecule has 0 saturated carbocycles. The second-order valence-electron chi connectivity index (χ2n) is 5.85. The maximum absolute atomic E-state index is 12.5. The van der Waals surface area contributed by atoms with Gasteiger partial charge >= 0.3 is 11.7 Å². The highest BCUT2D eigenvalue weighted by Gasteiger charge is 2.16. The van der Waals surface area contributed by atoms with Crippen molar-refractivity contribution in [1.29, 1.82) is 0 Å². The first-order valence-corrected chi connectivity index (χ1v) is 7.73. The molecule has 0 aliphatic rings. The molecule has 0 aliphatic heterocycles. The summed E-state index contributed by atoms with van der Waals surface area (Å²) in [6, 6.07) is 9.95. The third kappa shape index (κ3) is 3.10. The van der Waals surface area contributed by atoms with Crippen LogP contribution >= 0.6 is 0 Å². The van der Waals surface area contributed by atoms with Crippen molar-refractivity contribution in [2.24, 2.45) is 0 Å². The second-order valence-corrected chi connectivity index (χ2v) is 5.85. The fourth-order valence-corrected chi connectivity index (χ4v) is 2.61. The van der Waals surface area contributed by atoms with E-state index in [1.165, 1.54) is 23.8 Å². The van der Waals surface area contributed by atoms with Crippen LogP contribution in [0.2, 0.25) is 0 Å². The molecule has 0 fully saturated rings. The van der Waals surface area contributed by atoms with Crippen LogP contribution in [0.25, 0.3) is 11.1 Å². The van der Waals surface area contributed by atoms with Crippen molar-refractivity contribution in [3.8, 4) is 0 Å². The zero-order valence-electron chi connectivity index (χ0n) is 14.2. The van der Waals surface area contributed by atoms with Crippen LogP contribution in [-0.2, 0) is 11.3 Å². The Morgan fingerprint density at radius 3 is 2.44 bits per heavy atom. The SMILES string of the molecule is COC(=O)c1ccc2c(c1)oc(=O)n2CC(=O)c1ccc(C)c(C)c1. The standard InChI is InChI=1S/C19H17NO5/c1-11-4-5-13(8-12(11)2)16(21)10-20-15-7-6-14(18(22)24-3)9-17(15)25-19(20)23/h4-9H,10H2,1-3H3. The first-order chi connectivity index (χ1) is 11.9. The van der Waals surface area contributed by atoms with E-state index in [1.807, 2.05) is 19.9 Å². The summed E-state index contributed by atoms with van der Waals surface area (Å²) in [5, 5.41) is 0. The highest BCUT2D eigenvalue weighted by Crippen LogP contribution is 2.17. The third-order valence-corrected chi connectivity index (χ3v) is 4.22. The number of nitrogens with zero attached hydrogens (tertiary/aromatic N) is 1. The number of ether oxygens (including phenoxy) is 1. The Morgan fingerprint density at radius 1 is 1.04 bits per heavy atom. The summed E-state index contributed by atoms with van der Waals surface area (Å²) in [6.07, 6.45) is 0. The van der Waals surface area contributed by atoms with E-state index in [0.717, 1.165) is 11.1 Å². The number of hydrogen-bond acceptors (Lipinski definition) is 5. The summed E-state index contributed by atoms with van der Waals surface area (Å²) in [6.45, 7) is 3.77. The maximum atomic E-state index is 12.5. The van der Waals surface area contributed by atoms with Gasteiger partial charge in [0, 0.05) is 5.56 Å². The molecule has 3 rings (SSSR count). The van der Waals surface area contributed by atoms with Gasteiger partial charge in [-0.05, 0) is 49.2 Å². The Kier molecular flexibility index (Phi) is 4.27. The smallest absolute Gasteiger partial charge is 0.420 e. The van der Waals surface area contributed by atoms with E-state index in [0.29, 0.717) is 11.1 Å². The molecule has 128 valence electrons. The number of ketones is 1. The summed E-state index contributed by atoms with van der Waals surface area (Å²) in [5.74, 6) is -1.36. The molecule has 0 bridgehead atoms. The highest BCUT2D eigenvalue weighted by atomic mass is 16.5. The number of oxazole rings is 1. The van der Waals surface area contributed by atoms with Crippen LogP contribution in [0.4, 0.5) is 0 Å². The van der Waals surface area contributed by atoms with Crippen molar-refractivity contribution in [2.45, 2.75) is 20.4 Å². The molecule has 0 radical (unpaired) electrons. The van der Waals surface area contributed by atoms with E-state index in [4.69, 9.17) is 4.42 Å². The number of methoxy groups -OCH3 is 1. The van der Waals surface area contributed by atoms with E-state index in [-0.39, 0.29) is 23.5 Å². The van der Waals surface area contributed by atoms with Gasteiger partial charge in [0.25, 0.3) is 0 Å². The molecule has 0 spiro atoms. The monoisotopic (exact) mass is 339 g/mol. The molecule has 2 aromatic carbocycles. The van der Waals surface area contributed by atoms with E-state index < -0.39 is 11.7 Å². The number of rotatable bonds is 4. The Balaban J connectivity index is 1.97. The predicted molar refractivity (Wildman–Crippen MR) is 92.1 cm³/mol. The molecule has 3 aromatic rings. The molecule has 0 atom stereocenters. The summed E-state index contributed by atoms with van der Waals surface area (Å²) in [5.41, 5.74) is 3.61. The van der Waals surface area contributed by atoms with E-state index >= 15 is 0 Å². The number of hydrogen-bond donors (Lipinski definition) is 0. The fraction of sp³-hybridized carbons (Fsp3) is 0.211. The lowest BCUT2D eigenvalue weighted by Crippen LogP contribution is -2.20. The molecule has 0 aliphatic carbocycles. The molecule has 0 saturated heterocycles. The molecule has 6 nitrogen and oxygen atoms in total. The van der Waals surface area contributed by atoms with Crippen LogP contribution in [0.15, 0.2) is 45.6 Å². The van der Waals surface area contributed by atoms with Gasteiger partial charge < -0.3 is 9.15 Å². The summed E-state index contributed by atoms with van der Waals surface area (Å²) < 4.78 is 11.1. The van der Waals surface area contributed by atoms with Crippen molar-refractivity contribution < 1.29 is 18.7 Å². The molecule has 25 heavy (non-hydrogen) atoms. The van der Waals surface area contributed by atoms with Crippen LogP contribution in [-0.4, -0.2) is 23.4 Å². The lowest BCUT2D eigenvalue weighted by atomic mass is 10.0. The number of fused-ring (bicyclic) bond motifs is 1. The molecular formula is C19H17NO5. The van der Waals surface area contributed by atoms with Crippen LogP contribution in [0.1, 0.15) is 31.8 Å². The van der Waals surface area contributed by atoms with Gasteiger partial charge in [-0.25, -0.2) is 9.59 Å². The maximum Gasteiger partial charge on any atom is 0.420 e. The van der Waals surface area contributed by atoms with Crippen molar-refractivity contribution >= 4 is 22.9 Å². The first-order valence-electron chi connectivity index (χ1n) is 7.73. The summed E-state index contributed by atoms with van der Waals surface area (Å²) in [7, 11) is 1.27. The number of esters is 1. The Labute approximate surface area is 143 Å². The molecule has 6 heteroatoms. The highest BCUT2D eigenvalue weighted by molar-refractivity contribution is 5.97. The Hall–Kier alpha value is -3.15. The molecular weight excluding hydrogens is 322 g/mol. The molecule has 0 N–H and O–H groups in total. The van der Waals surface area contributed by atoms with Gasteiger partial charge in [0.2, 0.25) is 0 Å². The minimum atomic E-state index is -0.644. The lowest BCUT2D eigenvalue weighted by molar-refractivity contribution is 0.0600. The summed E-state index contributed by atoms with van der Waals surface area (Å²) >= 11 is 0. The predicted octanol–water partition coefficient (Wildman–Crippen LogP) is 2.88. The number of benzene rings is 2. The van der Waals surface area contributed by atoms with Crippen LogP contribution in [0.5, 0.6) is 0 Å². The van der Waals surface area contributed by atoms with E-state index in [9.17, 15) is 14.4 Å².